The number of phosphoric acid groups is 1. The molecule has 2 atom stereocenters. The summed E-state index contributed by atoms with van der Waals surface area (Å²) in [5, 5.41) is 0. The summed E-state index contributed by atoms with van der Waals surface area (Å²) in [6.45, 7) is 9.34. The monoisotopic (exact) mass is 448 g/mol. The summed E-state index contributed by atoms with van der Waals surface area (Å²) in [6.07, 6.45) is 1.05. The van der Waals surface area contributed by atoms with Crippen molar-refractivity contribution in [1.29, 1.82) is 0 Å². The molecule has 0 radical (unpaired) electrons. The number of carbonyl (C=O) groups excluding carboxylic acids is 2. The van der Waals surface area contributed by atoms with Crippen LogP contribution in [0.2, 0.25) is 0 Å². The number of hydrogen-bond acceptors (Lipinski definition) is 10. The molecule has 0 spiro atoms. The van der Waals surface area contributed by atoms with E-state index in [4.69, 9.17) is 18.9 Å². The van der Waals surface area contributed by atoms with Crippen molar-refractivity contribution < 1.29 is 98.4 Å². The zero-order chi connectivity index (χ0) is 20.7. The summed E-state index contributed by atoms with van der Waals surface area (Å²) in [5.41, 5.74) is 0. The molecule has 0 N–H and O–H groups in total. The molecule has 0 aromatic carbocycles. The maximum Gasteiger partial charge on any atom is 1.00 e. The molecule has 0 aliphatic carbocycles. The second-order valence-corrected chi connectivity index (χ2v) is 6.58. The number of carbonyl (C=O) groups is 2. The van der Waals surface area contributed by atoms with E-state index in [1.165, 1.54) is 0 Å². The van der Waals surface area contributed by atoms with Gasteiger partial charge in [-0.05, 0) is 13.8 Å². The molecule has 12 heteroatoms. The Morgan fingerprint density at radius 3 is 1.57 bits per heavy atom. The van der Waals surface area contributed by atoms with Crippen LogP contribution in [0.15, 0.2) is 25.3 Å². The fraction of sp³-hybridized carbons (Fsp3) is 0.625. The molecule has 156 valence electrons. The zero-order valence-electron chi connectivity index (χ0n) is 16.5. The minimum Gasteiger partial charge on any atom is -0.756 e. The molecule has 0 bridgehead atoms. The summed E-state index contributed by atoms with van der Waals surface area (Å²) < 4.78 is 40.7. The Kier molecular flexibility index (Phi) is 19.4. The van der Waals surface area contributed by atoms with Gasteiger partial charge in [-0.2, -0.15) is 0 Å². The Morgan fingerprint density at radius 1 is 0.893 bits per heavy atom. The Morgan fingerprint density at radius 2 is 1.25 bits per heavy atom. The summed E-state index contributed by atoms with van der Waals surface area (Å²) in [6, 6.07) is 0. The smallest absolute Gasteiger partial charge is 0.756 e. The first-order chi connectivity index (χ1) is 12.7. The van der Waals surface area contributed by atoms with Gasteiger partial charge in [-0.25, -0.2) is 9.59 Å². The summed E-state index contributed by atoms with van der Waals surface area (Å²) in [5.74, 6) is -1.15. The van der Waals surface area contributed by atoms with Crippen LogP contribution in [0, 0.1) is 0 Å². The molecule has 0 aliphatic rings. The first-order valence-electron chi connectivity index (χ1n) is 8.12. The average Bonchev–Trinajstić information content (AvgIpc) is 2.60. The van der Waals surface area contributed by atoms with E-state index in [0.29, 0.717) is 0 Å². The van der Waals surface area contributed by atoms with E-state index in [0.717, 1.165) is 12.2 Å². The van der Waals surface area contributed by atoms with E-state index in [1.54, 1.807) is 13.8 Å². The number of hydrogen-bond donors (Lipinski definition) is 0. The van der Waals surface area contributed by atoms with Crippen LogP contribution in [0.25, 0.3) is 0 Å². The number of rotatable bonds is 16. The molecule has 0 aromatic rings. The van der Waals surface area contributed by atoms with Gasteiger partial charge in [-0.3, -0.25) is 4.57 Å². The van der Waals surface area contributed by atoms with Gasteiger partial charge < -0.3 is 32.9 Å². The van der Waals surface area contributed by atoms with Crippen LogP contribution < -0.4 is 56.3 Å². The van der Waals surface area contributed by atoms with E-state index in [-0.39, 0.29) is 91.0 Å². The first kappa shape index (κ1) is 30.3. The SMILES string of the molecule is C=CC(=O)OC(C)COCCOP(=O)([O-])OCCOCC(C)OC(=O)C=C.[K+]. The molecule has 28 heavy (non-hydrogen) atoms. The van der Waals surface area contributed by atoms with Crippen molar-refractivity contribution in [1.82, 2.24) is 0 Å². The molecule has 0 aliphatic heterocycles. The van der Waals surface area contributed by atoms with Gasteiger partial charge in [0.25, 0.3) is 7.82 Å². The van der Waals surface area contributed by atoms with E-state index >= 15 is 0 Å². The molecule has 0 rings (SSSR count). The summed E-state index contributed by atoms with van der Waals surface area (Å²) in [4.78, 5) is 33.4. The van der Waals surface area contributed by atoms with Crippen LogP contribution in [0.1, 0.15) is 13.8 Å². The van der Waals surface area contributed by atoms with Gasteiger partial charge in [-0.1, -0.05) is 13.2 Å². The molecule has 2 unspecified atom stereocenters. The first-order valence-corrected chi connectivity index (χ1v) is 9.58. The van der Waals surface area contributed by atoms with Gasteiger partial charge in [-0.15, -0.1) is 0 Å². The fourth-order valence-electron chi connectivity index (χ4n) is 1.51. The van der Waals surface area contributed by atoms with Gasteiger partial charge in [0, 0.05) is 12.2 Å². The van der Waals surface area contributed by atoms with Crippen molar-refractivity contribution in [2.75, 3.05) is 39.6 Å². The zero-order valence-corrected chi connectivity index (χ0v) is 20.5. The molecular formula is C16H26KO10P. The van der Waals surface area contributed by atoms with E-state index in [2.05, 4.69) is 22.2 Å². The standard InChI is InChI=1S/C16H27O10P.K/c1-5-15(17)25-13(3)11-21-7-9-23-27(19,20)24-10-8-22-12-14(4)26-16(18)6-2;/h5-6,13-14H,1-2,7-12H2,3-4H3,(H,19,20);/q;+1/p-1. The van der Waals surface area contributed by atoms with Crippen molar-refractivity contribution in [3.05, 3.63) is 25.3 Å². The quantitative estimate of drug-likeness (QED) is 0.0840. The van der Waals surface area contributed by atoms with Crippen molar-refractivity contribution in [2.24, 2.45) is 0 Å². The third-order valence-electron chi connectivity index (χ3n) is 2.63. The molecular weight excluding hydrogens is 422 g/mol. The molecule has 10 nitrogen and oxygen atoms in total. The van der Waals surface area contributed by atoms with Crippen molar-refractivity contribution in [2.45, 2.75) is 26.1 Å². The number of phosphoric ester groups is 1. The van der Waals surface area contributed by atoms with Crippen LogP contribution >= 0.6 is 7.82 Å². The van der Waals surface area contributed by atoms with Gasteiger partial charge in [0.1, 0.15) is 12.2 Å². The normalized spacial score (nSPS) is 14.7. The second kappa shape index (κ2) is 17.9. The summed E-state index contributed by atoms with van der Waals surface area (Å²) >= 11 is 0. The Hall–Kier alpha value is 0.0864. The van der Waals surface area contributed by atoms with E-state index < -0.39 is 32.0 Å². The van der Waals surface area contributed by atoms with E-state index in [1.807, 2.05) is 0 Å². The summed E-state index contributed by atoms with van der Waals surface area (Å²) in [7, 11) is -4.48. The molecule has 0 saturated heterocycles. The van der Waals surface area contributed by atoms with Crippen LogP contribution in [0.3, 0.4) is 0 Å². The maximum atomic E-state index is 11.5. The van der Waals surface area contributed by atoms with Gasteiger partial charge in [0.15, 0.2) is 0 Å². The van der Waals surface area contributed by atoms with Crippen molar-refractivity contribution in [3.8, 4) is 0 Å². The Bertz CT molecular complexity index is 486. The molecule has 0 fully saturated rings. The maximum absolute atomic E-state index is 11.5. The fourth-order valence-corrected chi connectivity index (χ4v) is 2.18. The third-order valence-corrected chi connectivity index (χ3v) is 3.62. The second-order valence-electron chi connectivity index (χ2n) is 5.17. The molecule has 0 saturated carbocycles. The third kappa shape index (κ3) is 18.1. The number of esters is 2. The van der Waals surface area contributed by atoms with Crippen molar-refractivity contribution in [3.63, 3.8) is 0 Å². The Balaban J connectivity index is 0. The average molecular weight is 448 g/mol. The topological polar surface area (TPSA) is 130 Å². The Labute approximate surface area is 207 Å². The van der Waals surface area contributed by atoms with E-state index in [9.17, 15) is 19.0 Å². The van der Waals surface area contributed by atoms with Gasteiger partial charge in [0.05, 0.1) is 39.6 Å². The van der Waals surface area contributed by atoms with Crippen LogP contribution in [-0.4, -0.2) is 63.8 Å². The molecule has 0 aromatic heterocycles. The largest absolute Gasteiger partial charge is 1.00 e. The van der Waals surface area contributed by atoms with Crippen LogP contribution in [-0.2, 0) is 42.1 Å². The predicted molar refractivity (Wildman–Crippen MR) is 92.7 cm³/mol. The minimum atomic E-state index is -4.48. The van der Waals surface area contributed by atoms with Crippen LogP contribution in [0.5, 0.6) is 0 Å². The van der Waals surface area contributed by atoms with Gasteiger partial charge >= 0.3 is 63.3 Å². The number of ether oxygens (including phenoxy) is 4. The minimum absolute atomic E-state index is 0. The molecule has 0 amide bonds. The van der Waals surface area contributed by atoms with Gasteiger partial charge in [0.2, 0.25) is 0 Å². The molecule has 0 heterocycles. The van der Waals surface area contributed by atoms with Crippen molar-refractivity contribution >= 4 is 19.8 Å². The van der Waals surface area contributed by atoms with Crippen LogP contribution in [0.4, 0.5) is 0 Å². The predicted octanol–water partition coefficient (Wildman–Crippen LogP) is -2.24.